The van der Waals surface area contributed by atoms with Crippen LogP contribution in [0.4, 0.5) is 13.2 Å². The van der Waals surface area contributed by atoms with Crippen molar-refractivity contribution >= 4 is 5.96 Å². The number of guanidine groups is 1. The van der Waals surface area contributed by atoms with Crippen LogP contribution in [0.15, 0.2) is 4.99 Å². The maximum absolute atomic E-state index is 12.5. The maximum Gasteiger partial charge on any atom is 0.401 e. The zero-order valence-electron chi connectivity index (χ0n) is 16.0. The minimum absolute atomic E-state index is 0.00801. The summed E-state index contributed by atoms with van der Waals surface area (Å²) in [4.78, 5) is 6.24. The summed E-state index contributed by atoms with van der Waals surface area (Å²) in [6.07, 6.45) is 2.38. The van der Waals surface area contributed by atoms with Gasteiger partial charge in [-0.3, -0.25) is 9.89 Å². The molecule has 1 heterocycles. The van der Waals surface area contributed by atoms with E-state index in [2.05, 4.69) is 10.6 Å². The van der Waals surface area contributed by atoms with Gasteiger partial charge in [0.1, 0.15) is 0 Å². The number of nitrogens with zero attached hydrogens (tertiary/aromatic N) is 2. The molecular weight excluding hydrogens is 345 g/mol. The summed E-state index contributed by atoms with van der Waals surface area (Å²) in [5.74, 6) is 0.718. The molecule has 0 aromatic rings. The highest BCUT2D eigenvalue weighted by Gasteiger charge is 2.35. The van der Waals surface area contributed by atoms with Crippen molar-refractivity contribution in [3.63, 3.8) is 0 Å². The number of nitrogens with one attached hydrogen (secondary N) is 2. The second kappa shape index (κ2) is 9.78. The standard InChI is InChI=1S/C18H33F3N4O/c1-3-22-16(23-13-17(9-11-26-2)7-4-5-8-17)24-15-6-10-25(12-15)14-18(19,20)21/h15H,3-14H2,1-2H3,(H2,22,23,24). The molecule has 8 heteroatoms. The Morgan fingerprint density at radius 1 is 1.31 bits per heavy atom. The number of alkyl halides is 3. The van der Waals surface area contributed by atoms with Gasteiger partial charge in [-0.2, -0.15) is 13.2 Å². The molecule has 152 valence electrons. The SMILES string of the molecule is CCNC(=NCC1(CCOC)CCCC1)NC1CCN(CC(F)(F)F)C1. The van der Waals surface area contributed by atoms with E-state index < -0.39 is 12.7 Å². The first-order chi connectivity index (χ1) is 12.4. The molecule has 0 bridgehead atoms. The van der Waals surface area contributed by atoms with Crippen molar-refractivity contribution in [2.75, 3.05) is 46.4 Å². The van der Waals surface area contributed by atoms with Crippen molar-refractivity contribution in [2.45, 2.75) is 57.7 Å². The predicted octanol–water partition coefficient (Wildman–Crippen LogP) is 2.78. The molecule has 5 nitrogen and oxygen atoms in total. The summed E-state index contributed by atoms with van der Waals surface area (Å²) >= 11 is 0. The van der Waals surface area contributed by atoms with Crippen LogP contribution in [0.5, 0.6) is 0 Å². The van der Waals surface area contributed by atoms with E-state index in [9.17, 15) is 13.2 Å². The van der Waals surface area contributed by atoms with E-state index in [4.69, 9.17) is 9.73 Å². The van der Waals surface area contributed by atoms with Gasteiger partial charge in [0.25, 0.3) is 0 Å². The molecule has 2 rings (SSSR count). The van der Waals surface area contributed by atoms with Crippen molar-refractivity contribution in [1.29, 1.82) is 0 Å². The van der Waals surface area contributed by atoms with E-state index in [0.717, 1.165) is 32.1 Å². The van der Waals surface area contributed by atoms with E-state index in [1.54, 1.807) is 7.11 Å². The number of hydrogen-bond acceptors (Lipinski definition) is 3. The minimum Gasteiger partial charge on any atom is -0.385 e. The van der Waals surface area contributed by atoms with E-state index in [0.29, 0.717) is 19.5 Å². The molecule has 1 aliphatic carbocycles. The van der Waals surface area contributed by atoms with Crippen LogP contribution in [0.25, 0.3) is 0 Å². The van der Waals surface area contributed by atoms with Crippen LogP contribution in [0.2, 0.25) is 0 Å². The third-order valence-corrected chi connectivity index (χ3v) is 5.43. The van der Waals surface area contributed by atoms with Gasteiger partial charge in [0.15, 0.2) is 5.96 Å². The molecule has 1 saturated heterocycles. The molecule has 2 aliphatic rings. The van der Waals surface area contributed by atoms with Crippen molar-refractivity contribution in [3.8, 4) is 0 Å². The molecule has 0 amide bonds. The molecule has 0 radical (unpaired) electrons. The fraction of sp³-hybridized carbons (Fsp3) is 0.944. The first kappa shape index (κ1) is 21.3. The Bertz CT molecular complexity index is 450. The summed E-state index contributed by atoms with van der Waals surface area (Å²) in [6, 6.07) is 0.00801. The lowest BCUT2D eigenvalue weighted by molar-refractivity contribution is -0.143. The largest absolute Gasteiger partial charge is 0.401 e. The van der Waals surface area contributed by atoms with Crippen molar-refractivity contribution in [1.82, 2.24) is 15.5 Å². The Morgan fingerprint density at radius 2 is 2.04 bits per heavy atom. The summed E-state index contributed by atoms with van der Waals surface area (Å²) < 4.78 is 42.9. The van der Waals surface area contributed by atoms with Crippen LogP contribution in [-0.4, -0.2) is 69.5 Å². The highest BCUT2D eigenvalue weighted by Crippen LogP contribution is 2.41. The molecular formula is C18H33F3N4O. The lowest BCUT2D eigenvalue weighted by Crippen LogP contribution is -2.45. The molecule has 0 spiro atoms. The van der Waals surface area contributed by atoms with Crippen LogP contribution < -0.4 is 10.6 Å². The number of likely N-dealkylation sites (tertiary alicyclic amines) is 1. The molecule has 1 unspecified atom stereocenters. The Labute approximate surface area is 154 Å². The van der Waals surface area contributed by atoms with Crippen molar-refractivity contribution < 1.29 is 17.9 Å². The summed E-state index contributed by atoms with van der Waals surface area (Å²) in [7, 11) is 1.73. The fourth-order valence-corrected chi connectivity index (χ4v) is 4.04. The second-order valence-corrected chi connectivity index (χ2v) is 7.63. The molecule has 0 aromatic heterocycles. The number of hydrogen-bond donors (Lipinski definition) is 2. The highest BCUT2D eigenvalue weighted by molar-refractivity contribution is 5.80. The van der Waals surface area contributed by atoms with Crippen molar-refractivity contribution in [3.05, 3.63) is 0 Å². The van der Waals surface area contributed by atoms with Crippen LogP contribution in [0, 0.1) is 5.41 Å². The first-order valence-corrected chi connectivity index (χ1v) is 9.69. The lowest BCUT2D eigenvalue weighted by atomic mass is 9.83. The average molecular weight is 378 g/mol. The lowest BCUT2D eigenvalue weighted by Gasteiger charge is -2.27. The number of halogens is 3. The fourth-order valence-electron chi connectivity index (χ4n) is 4.04. The summed E-state index contributed by atoms with van der Waals surface area (Å²) in [5, 5.41) is 6.57. The van der Waals surface area contributed by atoms with Gasteiger partial charge < -0.3 is 15.4 Å². The van der Waals surface area contributed by atoms with Crippen LogP contribution in [0.3, 0.4) is 0 Å². The average Bonchev–Trinajstić information content (AvgIpc) is 3.20. The molecule has 0 aromatic carbocycles. The van der Waals surface area contributed by atoms with Gasteiger partial charge in [0, 0.05) is 45.9 Å². The zero-order valence-corrected chi connectivity index (χ0v) is 16.0. The second-order valence-electron chi connectivity index (χ2n) is 7.63. The van der Waals surface area contributed by atoms with Gasteiger partial charge in [-0.25, -0.2) is 0 Å². The van der Waals surface area contributed by atoms with Crippen LogP contribution >= 0.6 is 0 Å². The van der Waals surface area contributed by atoms with Crippen molar-refractivity contribution in [2.24, 2.45) is 10.4 Å². The maximum atomic E-state index is 12.5. The number of ether oxygens (including phenoxy) is 1. The van der Waals surface area contributed by atoms with Gasteiger partial charge in [0.2, 0.25) is 0 Å². The Hall–Kier alpha value is -1.02. The van der Waals surface area contributed by atoms with E-state index in [1.807, 2.05) is 6.92 Å². The predicted molar refractivity (Wildman–Crippen MR) is 97.4 cm³/mol. The normalized spacial score (nSPS) is 24.2. The topological polar surface area (TPSA) is 48.9 Å². The Kier molecular flexibility index (Phi) is 8.01. The quantitative estimate of drug-likeness (QED) is 0.504. The minimum atomic E-state index is -4.14. The highest BCUT2D eigenvalue weighted by atomic mass is 19.4. The van der Waals surface area contributed by atoms with Gasteiger partial charge in [-0.05, 0) is 38.0 Å². The van der Waals surface area contributed by atoms with Gasteiger partial charge >= 0.3 is 6.18 Å². The number of methoxy groups -OCH3 is 1. The third-order valence-electron chi connectivity index (χ3n) is 5.43. The molecule has 1 aliphatic heterocycles. The van der Waals surface area contributed by atoms with Gasteiger partial charge in [-0.1, -0.05) is 12.8 Å². The molecule has 2 N–H and O–H groups in total. The zero-order chi connectivity index (χ0) is 19.0. The third kappa shape index (κ3) is 6.95. The number of rotatable bonds is 8. The molecule has 2 fully saturated rings. The first-order valence-electron chi connectivity index (χ1n) is 9.69. The van der Waals surface area contributed by atoms with E-state index >= 15 is 0 Å². The molecule has 1 atom stereocenters. The van der Waals surface area contributed by atoms with Crippen LogP contribution in [-0.2, 0) is 4.74 Å². The summed E-state index contributed by atoms with van der Waals surface area (Å²) in [5.41, 5.74) is 0.205. The monoisotopic (exact) mass is 378 g/mol. The molecule has 1 saturated carbocycles. The van der Waals surface area contributed by atoms with Crippen LogP contribution in [0.1, 0.15) is 45.4 Å². The van der Waals surface area contributed by atoms with E-state index in [1.165, 1.54) is 30.6 Å². The van der Waals surface area contributed by atoms with E-state index in [-0.39, 0.29) is 11.5 Å². The van der Waals surface area contributed by atoms with Gasteiger partial charge in [0.05, 0.1) is 6.54 Å². The summed E-state index contributed by atoms with van der Waals surface area (Å²) in [6.45, 7) is 4.25. The Balaban J connectivity index is 1.90. The smallest absolute Gasteiger partial charge is 0.385 e. The van der Waals surface area contributed by atoms with Gasteiger partial charge in [-0.15, -0.1) is 0 Å². The molecule has 26 heavy (non-hydrogen) atoms. The number of aliphatic imine (C=N–C) groups is 1. The Morgan fingerprint density at radius 3 is 2.65 bits per heavy atom.